The maximum Gasteiger partial charge on any atom is 0.241 e. The van der Waals surface area contributed by atoms with Crippen LogP contribution in [0.2, 0.25) is 5.02 Å². The van der Waals surface area contributed by atoms with Gasteiger partial charge >= 0.3 is 0 Å². The van der Waals surface area contributed by atoms with Crippen LogP contribution in [0.3, 0.4) is 0 Å². The number of nitrogens with one attached hydrogen (secondary N) is 2. The van der Waals surface area contributed by atoms with Crippen molar-refractivity contribution in [2.75, 3.05) is 5.32 Å². The molecule has 0 bridgehead atoms. The SMILES string of the molecule is Cc1ccc(NC(=O)C2Cc3ccccc3CN2)c(Cl)c1. The number of amides is 1. The number of aryl methyl sites for hydroxylation is 1. The average Bonchev–Trinajstić information content (AvgIpc) is 2.49. The minimum atomic E-state index is -0.225. The molecule has 0 aliphatic carbocycles. The van der Waals surface area contributed by atoms with Crippen LogP contribution in [0.5, 0.6) is 0 Å². The summed E-state index contributed by atoms with van der Waals surface area (Å²) in [6, 6.07) is 13.6. The fourth-order valence-electron chi connectivity index (χ4n) is 2.58. The van der Waals surface area contributed by atoms with Gasteiger partial charge < -0.3 is 10.6 Å². The van der Waals surface area contributed by atoms with Gasteiger partial charge in [-0.1, -0.05) is 41.9 Å². The molecule has 3 nitrogen and oxygen atoms in total. The zero-order valence-electron chi connectivity index (χ0n) is 11.8. The van der Waals surface area contributed by atoms with Crippen molar-refractivity contribution in [3.63, 3.8) is 0 Å². The molecule has 2 aromatic carbocycles. The number of carbonyl (C=O) groups excluding carboxylic acids is 1. The molecule has 21 heavy (non-hydrogen) atoms. The largest absolute Gasteiger partial charge is 0.323 e. The molecule has 0 radical (unpaired) electrons. The highest BCUT2D eigenvalue weighted by Crippen LogP contribution is 2.24. The van der Waals surface area contributed by atoms with Crippen LogP contribution in [0.1, 0.15) is 16.7 Å². The van der Waals surface area contributed by atoms with Crippen molar-refractivity contribution in [1.29, 1.82) is 0 Å². The zero-order chi connectivity index (χ0) is 14.8. The fourth-order valence-corrected chi connectivity index (χ4v) is 2.86. The molecule has 0 spiro atoms. The lowest BCUT2D eigenvalue weighted by molar-refractivity contribution is -0.118. The molecule has 4 heteroatoms. The van der Waals surface area contributed by atoms with Gasteiger partial charge in [-0.25, -0.2) is 0 Å². The number of hydrogen-bond acceptors (Lipinski definition) is 2. The highest BCUT2D eigenvalue weighted by atomic mass is 35.5. The van der Waals surface area contributed by atoms with Crippen molar-refractivity contribution in [3.05, 3.63) is 64.2 Å². The summed E-state index contributed by atoms with van der Waals surface area (Å²) in [4.78, 5) is 12.4. The van der Waals surface area contributed by atoms with E-state index in [2.05, 4.69) is 22.8 Å². The molecule has 2 aromatic rings. The summed E-state index contributed by atoms with van der Waals surface area (Å²) in [6.07, 6.45) is 0.700. The molecule has 0 saturated heterocycles. The molecular weight excluding hydrogens is 284 g/mol. The smallest absolute Gasteiger partial charge is 0.241 e. The summed E-state index contributed by atoms with van der Waals surface area (Å²) in [5, 5.41) is 6.74. The standard InChI is InChI=1S/C17H17ClN2O/c1-11-6-7-15(14(18)8-11)20-17(21)16-9-12-4-2-3-5-13(12)10-19-16/h2-8,16,19H,9-10H2,1H3,(H,20,21). The maximum absolute atomic E-state index is 12.4. The number of fused-ring (bicyclic) bond motifs is 1. The first-order valence-corrected chi connectivity index (χ1v) is 7.38. The average molecular weight is 301 g/mol. The Bertz CT molecular complexity index is 684. The van der Waals surface area contributed by atoms with Crippen molar-refractivity contribution in [3.8, 4) is 0 Å². The Hall–Kier alpha value is -1.84. The minimum absolute atomic E-state index is 0.0461. The van der Waals surface area contributed by atoms with Crippen LogP contribution in [0.25, 0.3) is 0 Å². The third kappa shape index (κ3) is 3.09. The van der Waals surface area contributed by atoms with E-state index >= 15 is 0 Å². The Labute approximate surface area is 129 Å². The number of rotatable bonds is 2. The van der Waals surface area contributed by atoms with E-state index in [9.17, 15) is 4.79 Å². The quantitative estimate of drug-likeness (QED) is 0.893. The van der Waals surface area contributed by atoms with E-state index in [1.165, 1.54) is 11.1 Å². The third-order valence-corrected chi connectivity index (χ3v) is 4.09. The minimum Gasteiger partial charge on any atom is -0.323 e. The molecule has 1 atom stereocenters. The third-order valence-electron chi connectivity index (χ3n) is 3.78. The van der Waals surface area contributed by atoms with Gasteiger partial charge in [-0.2, -0.15) is 0 Å². The summed E-state index contributed by atoms with van der Waals surface area (Å²) in [7, 11) is 0. The summed E-state index contributed by atoms with van der Waals surface area (Å²) in [5.74, 6) is -0.0461. The van der Waals surface area contributed by atoms with Crippen molar-refractivity contribution in [1.82, 2.24) is 5.32 Å². The monoisotopic (exact) mass is 300 g/mol. The molecule has 0 fully saturated rings. The van der Waals surface area contributed by atoms with E-state index in [1.54, 1.807) is 0 Å². The lowest BCUT2D eigenvalue weighted by Gasteiger charge is -2.25. The van der Waals surface area contributed by atoms with Gasteiger partial charge in [0.2, 0.25) is 5.91 Å². The molecule has 0 saturated carbocycles. The lowest BCUT2D eigenvalue weighted by atomic mass is 9.95. The predicted molar refractivity (Wildman–Crippen MR) is 85.6 cm³/mol. The molecule has 3 rings (SSSR count). The highest BCUT2D eigenvalue weighted by molar-refractivity contribution is 6.33. The number of carbonyl (C=O) groups is 1. The van der Waals surface area contributed by atoms with Gasteiger partial charge in [0.15, 0.2) is 0 Å². The van der Waals surface area contributed by atoms with E-state index in [0.29, 0.717) is 17.1 Å². The van der Waals surface area contributed by atoms with Crippen LogP contribution >= 0.6 is 11.6 Å². The molecule has 1 unspecified atom stereocenters. The number of anilines is 1. The fraction of sp³-hybridized carbons (Fsp3) is 0.235. The van der Waals surface area contributed by atoms with Crippen molar-refractivity contribution in [2.45, 2.75) is 25.9 Å². The summed E-state index contributed by atoms with van der Waals surface area (Å²) in [6.45, 7) is 2.69. The van der Waals surface area contributed by atoms with E-state index in [0.717, 1.165) is 12.1 Å². The van der Waals surface area contributed by atoms with Gasteiger partial charge in [0.05, 0.1) is 16.8 Å². The Morgan fingerprint density at radius 1 is 1.24 bits per heavy atom. The molecule has 1 heterocycles. The Morgan fingerprint density at radius 2 is 2.00 bits per heavy atom. The second kappa shape index (κ2) is 5.88. The first-order chi connectivity index (χ1) is 10.1. The second-order valence-corrected chi connectivity index (χ2v) is 5.79. The van der Waals surface area contributed by atoms with Crippen LogP contribution < -0.4 is 10.6 Å². The van der Waals surface area contributed by atoms with Crippen molar-refractivity contribution < 1.29 is 4.79 Å². The first kappa shape index (κ1) is 14.1. The molecular formula is C17H17ClN2O. The van der Waals surface area contributed by atoms with E-state index in [-0.39, 0.29) is 11.9 Å². The van der Waals surface area contributed by atoms with Crippen LogP contribution in [-0.2, 0) is 17.8 Å². The van der Waals surface area contributed by atoms with Crippen LogP contribution in [0.15, 0.2) is 42.5 Å². The van der Waals surface area contributed by atoms with Gasteiger partial charge in [-0.3, -0.25) is 4.79 Å². The molecule has 108 valence electrons. The van der Waals surface area contributed by atoms with Gasteiger partial charge in [-0.15, -0.1) is 0 Å². The Morgan fingerprint density at radius 3 is 2.76 bits per heavy atom. The Balaban J connectivity index is 1.72. The zero-order valence-corrected chi connectivity index (χ0v) is 12.6. The van der Waals surface area contributed by atoms with Crippen LogP contribution in [0, 0.1) is 6.92 Å². The molecule has 0 aromatic heterocycles. The van der Waals surface area contributed by atoms with Crippen molar-refractivity contribution in [2.24, 2.45) is 0 Å². The van der Waals surface area contributed by atoms with Crippen LogP contribution in [-0.4, -0.2) is 11.9 Å². The van der Waals surface area contributed by atoms with Gasteiger partial charge in [0.1, 0.15) is 0 Å². The predicted octanol–water partition coefficient (Wildman–Crippen LogP) is 3.30. The summed E-state index contributed by atoms with van der Waals surface area (Å²) >= 11 is 6.16. The normalized spacial score (nSPS) is 17.1. The molecule has 2 N–H and O–H groups in total. The van der Waals surface area contributed by atoms with Gasteiger partial charge in [0, 0.05) is 6.54 Å². The van der Waals surface area contributed by atoms with Crippen molar-refractivity contribution >= 4 is 23.2 Å². The van der Waals surface area contributed by atoms with E-state index < -0.39 is 0 Å². The Kier molecular flexibility index (Phi) is 3.95. The summed E-state index contributed by atoms with van der Waals surface area (Å²) < 4.78 is 0. The first-order valence-electron chi connectivity index (χ1n) is 7.00. The number of hydrogen-bond donors (Lipinski definition) is 2. The molecule has 1 amide bonds. The van der Waals surface area contributed by atoms with Gasteiger partial charge in [0.25, 0.3) is 0 Å². The topological polar surface area (TPSA) is 41.1 Å². The molecule has 1 aliphatic rings. The maximum atomic E-state index is 12.4. The van der Waals surface area contributed by atoms with Crippen LogP contribution in [0.4, 0.5) is 5.69 Å². The van der Waals surface area contributed by atoms with E-state index in [4.69, 9.17) is 11.6 Å². The molecule has 1 aliphatic heterocycles. The van der Waals surface area contributed by atoms with E-state index in [1.807, 2.05) is 37.3 Å². The number of benzene rings is 2. The van der Waals surface area contributed by atoms with Gasteiger partial charge in [-0.05, 0) is 42.2 Å². The highest BCUT2D eigenvalue weighted by Gasteiger charge is 2.24. The summed E-state index contributed by atoms with van der Waals surface area (Å²) in [5.41, 5.74) is 4.22. The lowest BCUT2D eigenvalue weighted by Crippen LogP contribution is -2.44. The number of halogens is 1. The second-order valence-electron chi connectivity index (χ2n) is 5.38.